The van der Waals surface area contributed by atoms with Crippen molar-refractivity contribution in [1.29, 1.82) is 0 Å². The van der Waals surface area contributed by atoms with Crippen molar-refractivity contribution >= 4 is 34.0 Å². The van der Waals surface area contributed by atoms with Crippen LogP contribution in [0.5, 0.6) is 11.5 Å². The van der Waals surface area contributed by atoms with E-state index >= 15 is 0 Å². The van der Waals surface area contributed by atoms with Gasteiger partial charge in [0.05, 0.1) is 41.4 Å². The van der Waals surface area contributed by atoms with Gasteiger partial charge in [-0.1, -0.05) is 30.0 Å². The summed E-state index contributed by atoms with van der Waals surface area (Å²) in [7, 11) is 3.14. The van der Waals surface area contributed by atoms with Gasteiger partial charge in [0.15, 0.2) is 16.7 Å². The fourth-order valence-corrected chi connectivity index (χ4v) is 4.97. The van der Waals surface area contributed by atoms with Crippen LogP contribution in [0.15, 0.2) is 80.6 Å². The van der Waals surface area contributed by atoms with Crippen LogP contribution in [0.25, 0.3) is 27.4 Å². The first kappa shape index (κ1) is 21.3. The number of nitrogens with zero attached hydrogens (tertiary/aromatic N) is 3. The van der Waals surface area contributed by atoms with Gasteiger partial charge in [0.25, 0.3) is 5.56 Å². The molecule has 0 atom stereocenters. The lowest BCUT2D eigenvalue weighted by atomic mass is 10.2. The SMILES string of the molecule is COc1ccc(-n2c(SCc3coc(-c4cccs4)n3)nc3ccccc3c2=O)cc1OC. The van der Waals surface area contributed by atoms with Crippen molar-refractivity contribution in [3.63, 3.8) is 0 Å². The Hall–Kier alpha value is -3.56. The Morgan fingerprint density at radius 3 is 2.67 bits per heavy atom. The number of fused-ring (bicyclic) bond motifs is 1. The van der Waals surface area contributed by atoms with E-state index in [4.69, 9.17) is 18.9 Å². The predicted octanol–water partition coefficient (Wildman–Crippen LogP) is 5.41. The van der Waals surface area contributed by atoms with E-state index in [2.05, 4.69) is 4.98 Å². The summed E-state index contributed by atoms with van der Waals surface area (Å²) >= 11 is 2.99. The van der Waals surface area contributed by atoms with Gasteiger partial charge in [-0.25, -0.2) is 9.97 Å². The molecule has 0 saturated heterocycles. The van der Waals surface area contributed by atoms with Crippen LogP contribution in [-0.4, -0.2) is 28.8 Å². The smallest absolute Gasteiger partial charge is 0.266 e. The molecule has 3 heterocycles. The third-order valence-electron chi connectivity index (χ3n) is 5.00. The quantitative estimate of drug-likeness (QED) is 0.229. The number of oxazole rings is 1. The molecule has 0 unspecified atom stereocenters. The largest absolute Gasteiger partial charge is 0.493 e. The molecule has 0 amide bonds. The zero-order valence-corrected chi connectivity index (χ0v) is 19.5. The van der Waals surface area contributed by atoms with Crippen LogP contribution in [0.4, 0.5) is 0 Å². The third-order valence-corrected chi connectivity index (χ3v) is 6.83. The Morgan fingerprint density at radius 1 is 1.03 bits per heavy atom. The van der Waals surface area contributed by atoms with Crippen LogP contribution < -0.4 is 15.0 Å². The first-order chi connectivity index (χ1) is 16.2. The monoisotopic (exact) mass is 477 g/mol. The summed E-state index contributed by atoms with van der Waals surface area (Å²) in [6.45, 7) is 0. The molecule has 0 saturated carbocycles. The maximum absolute atomic E-state index is 13.5. The highest BCUT2D eigenvalue weighted by Crippen LogP contribution is 2.32. The Labute approximate surface area is 197 Å². The summed E-state index contributed by atoms with van der Waals surface area (Å²) in [4.78, 5) is 23.8. The Bertz CT molecular complexity index is 1480. The molecule has 0 N–H and O–H groups in total. The number of para-hydroxylation sites is 1. The summed E-state index contributed by atoms with van der Waals surface area (Å²) in [5.74, 6) is 2.20. The normalized spacial score (nSPS) is 11.1. The summed E-state index contributed by atoms with van der Waals surface area (Å²) in [5.41, 5.74) is 1.89. The van der Waals surface area contributed by atoms with Crippen molar-refractivity contribution in [3.8, 4) is 28.0 Å². The predicted molar refractivity (Wildman–Crippen MR) is 130 cm³/mol. The second kappa shape index (κ2) is 9.13. The second-order valence-corrected chi connectivity index (χ2v) is 8.89. The topological polar surface area (TPSA) is 79.4 Å². The molecule has 0 aliphatic heterocycles. The summed E-state index contributed by atoms with van der Waals surface area (Å²) in [6.07, 6.45) is 1.64. The Morgan fingerprint density at radius 2 is 1.88 bits per heavy atom. The number of hydrogen-bond acceptors (Lipinski definition) is 8. The highest BCUT2D eigenvalue weighted by Gasteiger charge is 2.16. The van der Waals surface area contributed by atoms with Crippen molar-refractivity contribution in [2.75, 3.05) is 14.2 Å². The molecule has 166 valence electrons. The minimum Gasteiger partial charge on any atom is -0.493 e. The average molecular weight is 478 g/mol. The lowest BCUT2D eigenvalue weighted by molar-refractivity contribution is 0.354. The minimum absolute atomic E-state index is 0.158. The van der Waals surface area contributed by atoms with E-state index in [1.54, 1.807) is 54.6 Å². The number of thiophene rings is 1. The second-order valence-electron chi connectivity index (χ2n) is 7.00. The van der Waals surface area contributed by atoms with Crippen molar-refractivity contribution < 1.29 is 13.9 Å². The highest BCUT2D eigenvalue weighted by molar-refractivity contribution is 7.98. The molecule has 2 aromatic carbocycles. The van der Waals surface area contributed by atoms with E-state index in [-0.39, 0.29) is 5.56 Å². The number of benzene rings is 2. The van der Waals surface area contributed by atoms with Crippen molar-refractivity contribution in [2.45, 2.75) is 10.9 Å². The van der Waals surface area contributed by atoms with Crippen LogP contribution in [-0.2, 0) is 5.75 Å². The van der Waals surface area contributed by atoms with Crippen molar-refractivity contribution in [1.82, 2.24) is 14.5 Å². The number of rotatable bonds is 7. The number of thioether (sulfide) groups is 1. The van der Waals surface area contributed by atoms with Crippen LogP contribution in [0.1, 0.15) is 5.69 Å². The van der Waals surface area contributed by atoms with Gasteiger partial charge in [0.1, 0.15) is 6.26 Å². The molecule has 5 aromatic rings. The standard InChI is InChI=1S/C24H19N3O4S2/c1-29-19-10-9-16(12-20(19)30-2)27-23(28)17-6-3-4-7-18(17)26-24(27)33-14-15-13-31-22(25-15)21-8-5-11-32-21/h3-13H,14H2,1-2H3. The molecule has 7 nitrogen and oxygen atoms in total. The van der Waals surface area contributed by atoms with E-state index in [9.17, 15) is 4.79 Å². The van der Waals surface area contributed by atoms with Gasteiger partial charge in [-0.15, -0.1) is 11.3 Å². The molecular formula is C24H19N3O4S2. The third kappa shape index (κ3) is 4.12. The Balaban J connectivity index is 1.56. The fourth-order valence-electron chi connectivity index (χ4n) is 3.43. The van der Waals surface area contributed by atoms with Crippen LogP contribution in [0.2, 0.25) is 0 Å². The summed E-state index contributed by atoms with van der Waals surface area (Å²) < 4.78 is 18.0. The average Bonchev–Trinajstić information content (AvgIpc) is 3.55. The lowest BCUT2D eigenvalue weighted by Gasteiger charge is -2.15. The zero-order valence-electron chi connectivity index (χ0n) is 17.8. The number of hydrogen-bond donors (Lipinski definition) is 0. The summed E-state index contributed by atoms with van der Waals surface area (Å²) in [5, 5.41) is 3.07. The van der Waals surface area contributed by atoms with Crippen LogP contribution in [0.3, 0.4) is 0 Å². The number of aromatic nitrogens is 3. The highest BCUT2D eigenvalue weighted by atomic mass is 32.2. The molecule has 0 spiro atoms. The molecule has 3 aromatic heterocycles. The maximum atomic E-state index is 13.5. The molecule has 0 fully saturated rings. The van der Waals surface area contributed by atoms with Gasteiger partial charge in [-0.2, -0.15) is 0 Å². The van der Waals surface area contributed by atoms with E-state index in [1.807, 2.05) is 41.8 Å². The molecule has 9 heteroatoms. The molecule has 5 rings (SSSR count). The van der Waals surface area contributed by atoms with Gasteiger partial charge in [-0.05, 0) is 35.7 Å². The fraction of sp³-hybridized carbons (Fsp3) is 0.125. The number of methoxy groups -OCH3 is 2. The van der Waals surface area contributed by atoms with Crippen LogP contribution >= 0.6 is 23.1 Å². The lowest BCUT2D eigenvalue weighted by Crippen LogP contribution is -2.21. The Kier molecular flexibility index (Phi) is 5.89. The van der Waals surface area contributed by atoms with Gasteiger partial charge in [0, 0.05) is 11.8 Å². The molecule has 0 radical (unpaired) electrons. The zero-order chi connectivity index (χ0) is 22.8. The van der Waals surface area contributed by atoms with Crippen molar-refractivity contribution in [3.05, 3.63) is 82.3 Å². The van der Waals surface area contributed by atoms with Gasteiger partial charge in [0.2, 0.25) is 5.89 Å². The van der Waals surface area contributed by atoms with E-state index in [1.165, 1.54) is 11.8 Å². The van der Waals surface area contributed by atoms with Gasteiger partial charge >= 0.3 is 0 Å². The van der Waals surface area contributed by atoms with Gasteiger partial charge in [-0.3, -0.25) is 9.36 Å². The molecular weight excluding hydrogens is 458 g/mol. The van der Waals surface area contributed by atoms with E-state index in [0.29, 0.717) is 44.9 Å². The van der Waals surface area contributed by atoms with E-state index in [0.717, 1.165) is 10.6 Å². The first-order valence-electron chi connectivity index (χ1n) is 10.0. The van der Waals surface area contributed by atoms with E-state index < -0.39 is 0 Å². The molecule has 0 aliphatic rings. The molecule has 0 bridgehead atoms. The van der Waals surface area contributed by atoms with Crippen LogP contribution in [0, 0.1) is 0 Å². The summed E-state index contributed by atoms with van der Waals surface area (Å²) in [6, 6.07) is 16.6. The van der Waals surface area contributed by atoms with Gasteiger partial charge < -0.3 is 13.9 Å². The molecule has 33 heavy (non-hydrogen) atoms. The minimum atomic E-state index is -0.158. The van der Waals surface area contributed by atoms with Crippen molar-refractivity contribution in [2.24, 2.45) is 0 Å². The number of ether oxygens (including phenoxy) is 2. The maximum Gasteiger partial charge on any atom is 0.266 e. The molecule has 0 aliphatic carbocycles. The first-order valence-corrected chi connectivity index (χ1v) is 11.9.